The molecular weight excluding hydrogens is 312 g/mol. The molecule has 0 saturated carbocycles. The van der Waals surface area contributed by atoms with Gasteiger partial charge in [-0.2, -0.15) is 0 Å². The molecule has 2 aromatic heterocycles. The van der Waals surface area contributed by atoms with Gasteiger partial charge in [0.15, 0.2) is 0 Å². The lowest BCUT2D eigenvalue weighted by Gasteiger charge is -2.06. The molecule has 2 aromatic rings. The minimum Gasteiger partial charge on any atom is -0.477 e. The molecule has 0 amide bonds. The molecule has 0 saturated heterocycles. The van der Waals surface area contributed by atoms with Gasteiger partial charge < -0.3 is 10.1 Å². The van der Waals surface area contributed by atoms with Gasteiger partial charge in [-0.05, 0) is 23.8 Å². The normalized spacial score (nSPS) is 17.9. The molecule has 104 valence electrons. The van der Waals surface area contributed by atoms with Crippen molar-refractivity contribution in [2.45, 2.75) is 13.3 Å². The van der Waals surface area contributed by atoms with Crippen molar-refractivity contribution in [2.24, 2.45) is 5.92 Å². The van der Waals surface area contributed by atoms with Crippen molar-refractivity contribution in [1.29, 1.82) is 0 Å². The van der Waals surface area contributed by atoms with Gasteiger partial charge in [0, 0.05) is 17.6 Å². The van der Waals surface area contributed by atoms with E-state index in [1.807, 2.05) is 0 Å². The second-order valence-electron chi connectivity index (χ2n) is 4.68. The van der Waals surface area contributed by atoms with Crippen LogP contribution in [0.3, 0.4) is 0 Å². The van der Waals surface area contributed by atoms with Crippen LogP contribution in [0.1, 0.15) is 21.1 Å². The van der Waals surface area contributed by atoms with Gasteiger partial charge in [-0.3, -0.25) is 0 Å². The maximum absolute atomic E-state index is 11.2. The van der Waals surface area contributed by atoms with Crippen LogP contribution in [-0.2, 0) is 6.42 Å². The number of allylic oxidation sites excluding steroid dienone is 1. The van der Waals surface area contributed by atoms with Gasteiger partial charge in [0.05, 0.1) is 0 Å². The largest absolute Gasteiger partial charge is 0.477 e. The van der Waals surface area contributed by atoms with Gasteiger partial charge >= 0.3 is 5.97 Å². The molecule has 3 heterocycles. The molecule has 0 aliphatic carbocycles. The van der Waals surface area contributed by atoms with E-state index in [1.54, 1.807) is 18.7 Å². The van der Waals surface area contributed by atoms with Crippen LogP contribution in [0.15, 0.2) is 11.5 Å². The Labute approximate surface area is 128 Å². The summed E-state index contributed by atoms with van der Waals surface area (Å²) in [6.07, 6.45) is 2.98. The maximum Gasteiger partial charge on any atom is 0.346 e. The highest BCUT2D eigenvalue weighted by Gasteiger charge is 2.18. The molecule has 3 rings (SSSR count). The fraction of sp³-hybridized carbons (Fsp3) is 0.308. The van der Waals surface area contributed by atoms with Crippen LogP contribution in [0.2, 0.25) is 0 Å². The molecule has 0 radical (unpaired) electrons. The molecule has 0 aromatic carbocycles. The second-order valence-corrected chi connectivity index (χ2v) is 7.03. The molecule has 1 unspecified atom stereocenters. The monoisotopic (exact) mass is 324 g/mol. The van der Waals surface area contributed by atoms with Crippen molar-refractivity contribution in [1.82, 2.24) is 9.97 Å². The number of aryl methyl sites for hydroxylation is 1. The third-order valence-electron chi connectivity index (χ3n) is 3.26. The van der Waals surface area contributed by atoms with Crippen molar-refractivity contribution in [3.05, 3.63) is 32.4 Å². The minimum absolute atomic E-state index is 0.320. The number of fused-ring (bicyclic) bond motifs is 1. The molecule has 4 nitrogen and oxygen atoms in total. The summed E-state index contributed by atoms with van der Waals surface area (Å²) in [6, 6.07) is 0. The van der Waals surface area contributed by atoms with Crippen LogP contribution in [0, 0.1) is 17.5 Å². The van der Waals surface area contributed by atoms with Gasteiger partial charge in [0.25, 0.3) is 0 Å². The summed E-state index contributed by atoms with van der Waals surface area (Å²) in [6.45, 7) is 1.78. The van der Waals surface area contributed by atoms with E-state index in [0.717, 1.165) is 23.4 Å². The van der Waals surface area contributed by atoms with Gasteiger partial charge in [-0.15, -0.1) is 23.1 Å². The molecule has 0 spiro atoms. The average Bonchev–Trinajstić information content (AvgIpc) is 2.97. The number of nitrogens with zero attached hydrogens (tertiary/aromatic N) is 1. The lowest BCUT2D eigenvalue weighted by molar-refractivity contribution is 0.0701. The van der Waals surface area contributed by atoms with E-state index in [9.17, 15) is 9.90 Å². The van der Waals surface area contributed by atoms with Crippen molar-refractivity contribution in [3.8, 4) is 0 Å². The highest BCUT2D eigenvalue weighted by Crippen LogP contribution is 2.30. The standard InChI is InChI=1S/C13H12N2O2S3/c1-6-9-11(18)14-8(4-7-2-3-19-5-7)15-12(9)20-10(6)13(16)17/h2-3,7H,4-5H2,1H3,(H,16,17)(H,14,15,18). The summed E-state index contributed by atoms with van der Waals surface area (Å²) in [5.41, 5.74) is 0.703. The van der Waals surface area contributed by atoms with Gasteiger partial charge in [-0.25, -0.2) is 9.78 Å². The fourth-order valence-corrected chi connectivity index (χ4v) is 4.67. The van der Waals surface area contributed by atoms with E-state index in [4.69, 9.17) is 12.2 Å². The maximum atomic E-state index is 11.2. The van der Waals surface area contributed by atoms with E-state index in [1.165, 1.54) is 11.3 Å². The number of carboxylic acids is 1. The molecule has 7 heteroatoms. The number of aromatic nitrogens is 2. The van der Waals surface area contributed by atoms with Crippen LogP contribution in [-0.4, -0.2) is 26.8 Å². The Morgan fingerprint density at radius 3 is 3.10 bits per heavy atom. The predicted octanol–water partition coefficient (Wildman–Crippen LogP) is 3.78. The van der Waals surface area contributed by atoms with Crippen molar-refractivity contribution < 1.29 is 9.90 Å². The number of rotatable bonds is 3. The third-order valence-corrected chi connectivity index (χ3v) is 5.71. The molecule has 2 N–H and O–H groups in total. The highest BCUT2D eigenvalue weighted by atomic mass is 32.2. The van der Waals surface area contributed by atoms with Crippen LogP contribution in [0.5, 0.6) is 0 Å². The first-order valence-corrected chi connectivity index (χ1v) is 8.37. The number of thiophene rings is 1. The lowest BCUT2D eigenvalue weighted by atomic mass is 10.1. The van der Waals surface area contributed by atoms with E-state index in [-0.39, 0.29) is 0 Å². The molecule has 1 atom stereocenters. The zero-order chi connectivity index (χ0) is 14.3. The van der Waals surface area contributed by atoms with E-state index in [0.29, 0.717) is 25.8 Å². The summed E-state index contributed by atoms with van der Waals surface area (Å²) in [5.74, 6) is 1.44. The summed E-state index contributed by atoms with van der Waals surface area (Å²) < 4.78 is 0.584. The fourth-order valence-electron chi connectivity index (χ4n) is 2.27. The smallest absolute Gasteiger partial charge is 0.346 e. The number of H-pyrrole nitrogens is 1. The van der Waals surface area contributed by atoms with Crippen LogP contribution in [0.25, 0.3) is 10.2 Å². The number of carboxylic acid groups (broad SMARTS) is 1. The number of hydrogen-bond acceptors (Lipinski definition) is 5. The SMILES string of the molecule is Cc1c(C(=O)O)sc2nc(CC3C=CSC3)[nH]c(=S)c12. The topological polar surface area (TPSA) is 66.0 Å². The lowest BCUT2D eigenvalue weighted by Crippen LogP contribution is -2.05. The number of nitrogens with one attached hydrogen (secondary N) is 1. The van der Waals surface area contributed by atoms with Crippen molar-refractivity contribution in [3.63, 3.8) is 0 Å². The molecule has 1 aliphatic heterocycles. The first-order valence-electron chi connectivity index (χ1n) is 6.10. The predicted molar refractivity (Wildman–Crippen MR) is 85.3 cm³/mol. The Morgan fingerprint density at radius 2 is 2.45 bits per heavy atom. The quantitative estimate of drug-likeness (QED) is 0.841. The summed E-state index contributed by atoms with van der Waals surface area (Å²) >= 11 is 8.36. The summed E-state index contributed by atoms with van der Waals surface area (Å²) in [5, 5.41) is 12.1. The first-order chi connectivity index (χ1) is 9.56. The number of aromatic amines is 1. The highest BCUT2D eigenvalue weighted by molar-refractivity contribution is 8.02. The zero-order valence-corrected chi connectivity index (χ0v) is 13.1. The van der Waals surface area contributed by atoms with Crippen LogP contribution < -0.4 is 0 Å². The third kappa shape index (κ3) is 2.41. The molecule has 20 heavy (non-hydrogen) atoms. The first kappa shape index (κ1) is 13.8. The van der Waals surface area contributed by atoms with Crippen molar-refractivity contribution in [2.75, 3.05) is 5.75 Å². The van der Waals surface area contributed by atoms with Gasteiger partial charge in [0.2, 0.25) is 0 Å². The number of carbonyl (C=O) groups is 1. The zero-order valence-electron chi connectivity index (χ0n) is 10.7. The molecular formula is C13H12N2O2S3. The Balaban J connectivity index is 2.07. The Morgan fingerprint density at radius 1 is 1.65 bits per heavy atom. The number of aromatic carboxylic acids is 1. The second kappa shape index (κ2) is 5.31. The van der Waals surface area contributed by atoms with E-state index in [2.05, 4.69) is 21.5 Å². The number of thioether (sulfide) groups is 1. The molecule has 1 aliphatic rings. The summed E-state index contributed by atoms with van der Waals surface area (Å²) in [4.78, 5) is 19.9. The van der Waals surface area contributed by atoms with Gasteiger partial charge in [0.1, 0.15) is 20.2 Å². The molecule has 0 fully saturated rings. The van der Waals surface area contributed by atoms with E-state index < -0.39 is 5.97 Å². The summed E-state index contributed by atoms with van der Waals surface area (Å²) in [7, 11) is 0. The Hall–Kier alpha value is -1.18. The van der Waals surface area contributed by atoms with Gasteiger partial charge in [-0.1, -0.05) is 18.3 Å². The van der Waals surface area contributed by atoms with Crippen molar-refractivity contribution >= 4 is 51.5 Å². The van der Waals surface area contributed by atoms with Crippen LogP contribution in [0.4, 0.5) is 0 Å². The Kier molecular flexibility index (Phi) is 3.66. The van der Waals surface area contributed by atoms with E-state index >= 15 is 0 Å². The number of hydrogen-bond donors (Lipinski definition) is 2. The van der Waals surface area contributed by atoms with Crippen LogP contribution >= 0.6 is 35.3 Å². The molecule has 0 bridgehead atoms. The minimum atomic E-state index is -0.920. The Bertz CT molecular complexity index is 776. The average molecular weight is 324 g/mol.